The third-order valence-electron chi connectivity index (χ3n) is 3.93. The number of nitrogens with zero attached hydrogens (tertiary/aromatic N) is 1. The van der Waals surface area contributed by atoms with Crippen molar-refractivity contribution < 1.29 is 9.53 Å². The van der Waals surface area contributed by atoms with Crippen LogP contribution in [0.25, 0.3) is 11.1 Å². The Bertz CT molecular complexity index is 668. The minimum absolute atomic E-state index is 0.214. The maximum absolute atomic E-state index is 12.2. The molecule has 0 saturated carbocycles. The summed E-state index contributed by atoms with van der Waals surface area (Å²) in [5.74, 6) is -0.214. The summed E-state index contributed by atoms with van der Waals surface area (Å²) in [6.07, 6.45) is 0.891. The van der Waals surface area contributed by atoms with E-state index in [4.69, 9.17) is 4.74 Å². The molecule has 0 radical (unpaired) electrons. The van der Waals surface area contributed by atoms with Crippen LogP contribution in [0.5, 0.6) is 0 Å². The van der Waals surface area contributed by atoms with Gasteiger partial charge in [-0.05, 0) is 25.0 Å². The lowest BCUT2D eigenvalue weighted by Gasteiger charge is -2.06. The number of ether oxygens (including phenoxy) is 1. The Hall–Kier alpha value is -2.03. The van der Waals surface area contributed by atoms with E-state index in [-0.39, 0.29) is 5.97 Å². The molecule has 2 aromatic rings. The van der Waals surface area contributed by atoms with Crippen LogP contribution in [-0.2, 0) is 18.2 Å². The minimum atomic E-state index is -0.214. The van der Waals surface area contributed by atoms with Crippen molar-refractivity contribution in [3.63, 3.8) is 0 Å². The van der Waals surface area contributed by atoms with Gasteiger partial charge in [0.2, 0.25) is 0 Å². The Kier molecular flexibility index (Phi) is 2.70. The SMILES string of the molecule is CCOC(=O)c1c2c(n(C)c1C)Cc1ccccc1-2. The summed E-state index contributed by atoms with van der Waals surface area (Å²) in [7, 11) is 2.02. The Labute approximate surface area is 112 Å². The number of esters is 1. The zero-order chi connectivity index (χ0) is 13.6. The summed E-state index contributed by atoms with van der Waals surface area (Å²) >= 11 is 0. The second-order valence-electron chi connectivity index (χ2n) is 4.90. The topological polar surface area (TPSA) is 31.2 Å². The number of fused-ring (bicyclic) bond motifs is 3. The van der Waals surface area contributed by atoms with Crippen LogP contribution in [0.1, 0.15) is 34.2 Å². The lowest BCUT2D eigenvalue weighted by molar-refractivity contribution is 0.0526. The molecular formula is C16H17NO2. The largest absolute Gasteiger partial charge is 0.462 e. The van der Waals surface area contributed by atoms with Crippen molar-refractivity contribution >= 4 is 5.97 Å². The Morgan fingerprint density at radius 2 is 2.11 bits per heavy atom. The minimum Gasteiger partial charge on any atom is -0.462 e. The summed E-state index contributed by atoms with van der Waals surface area (Å²) in [5, 5.41) is 0. The van der Waals surface area contributed by atoms with E-state index >= 15 is 0 Å². The fraction of sp³-hybridized carbons (Fsp3) is 0.312. The molecule has 0 bridgehead atoms. The first-order valence-corrected chi connectivity index (χ1v) is 6.58. The second kappa shape index (κ2) is 4.26. The molecule has 0 fully saturated rings. The molecule has 0 atom stereocenters. The number of carbonyl (C=O) groups is 1. The van der Waals surface area contributed by atoms with E-state index in [0.717, 1.165) is 23.2 Å². The van der Waals surface area contributed by atoms with Crippen molar-refractivity contribution in [2.24, 2.45) is 7.05 Å². The maximum atomic E-state index is 12.2. The molecule has 0 spiro atoms. The van der Waals surface area contributed by atoms with Crippen molar-refractivity contribution in [2.75, 3.05) is 6.61 Å². The molecule has 1 aliphatic carbocycles. The summed E-state index contributed by atoms with van der Waals surface area (Å²) < 4.78 is 7.32. The van der Waals surface area contributed by atoms with Gasteiger partial charge in [0, 0.05) is 30.4 Å². The highest BCUT2D eigenvalue weighted by atomic mass is 16.5. The van der Waals surface area contributed by atoms with Gasteiger partial charge < -0.3 is 9.30 Å². The van der Waals surface area contributed by atoms with Gasteiger partial charge >= 0.3 is 5.97 Å². The fourth-order valence-electron chi connectivity index (χ4n) is 2.91. The first-order valence-electron chi connectivity index (χ1n) is 6.58. The number of carbonyl (C=O) groups excluding carboxylic acids is 1. The molecule has 0 N–H and O–H groups in total. The molecule has 0 unspecified atom stereocenters. The molecule has 1 aliphatic rings. The van der Waals surface area contributed by atoms with Crippen LogP contribution in [0, 0.1) is 6.92 Å². The quantitative estimate of drug-likeness (QED) is 0.659. The molecule has 3 heteroatoms. The van der Waals surface area contributed by atoms with E-state index in [1.54, 1.807) is 0 Å². The van der Waals surface area contributed by atoms with Gasteiger partial charge in [0.15, 0.2) is 0 Å². The van der Waals surface area contributed by atoms with Gasteiger partial charge in [-0.15, -0.1) is 0 Å². The van der Waals surface area contributed by atoms with Gasteiger partial charge in [0.1, 0.15) is 0 Å². The number of aromatic nitrogens is 1. The van der Waals surface area contributed by atoms with Gasteiger partial charge in [-0.3, -0.25) is 0 Å². The first-order chi connectivity index (χ1) is 9.15. The molecule has 1 aromatic heterocycles. The zero-order valence-electron chi connectivity index (χ0n) is 11.5. The van der Waals surface area contributed by atoms with Crippen LogP contribution >= 0.6 is 0 Å². The fourth-order valence-corrected chi connectivity index (χ4v) is 2.91. The van der Waals surface area contributed by atoms with Crippen molar-refractivity contribution in [3.8, 4) is 11.1 Å². The molecule has 1 heterocycles. The lowest BCUT2D eigenvalue weighted by Crippen LogP contribution is -2.07. The van der Waals surface area contributed by atoms with Crippen LogP contribution in [0.2, 0.25) is 0 Å². The molecule has 0 aliphatic heterocycles. The predicted octanol–water partition coefficient (Wildman–Crippen LogP) is 3.08. The molecule has 3 nitrogen and oxygen atoms in total. The van der Waals surface area contributed by atoms with E-state index < -0.39 is 0 Å². The highest BCUT2D eigenvalue weighted by Gasteiger charge is 2.30. The van der Waals surface area contributed by atoms with Crippen molar-refractivity contribution in [2.45, 2.75) is 20.3 Å². The van der Waals surface area contributed by atoms with Gasteiger partial charge in [-0.1, -0.05) is 24.3 Å². The van der Waals surface area contributed by atoms with Crippen LogP contribution in [0.4, 0.5) is 0 Å². The summed E-state index contributed by atoms with van der Waals surface area (Å²) in [5.41, 5.74) is 6.44. The molecule has 1 aromatic carbocycles. The molecule has 3 rings (SSSR count). The first kappa shape index (κ1) is 12.0. The van der Waals surface area contributed by atoms with Crippen molar-refractivity contribution in [3.05, 3.63) is 46.8 Å². The molecule has 98 valence electrons. The van der Waals surface area contributed by atoms with Crippen LogP contribution in [-0.4, -0.2) is 17.1 Å². The molecule has 0 amide bonds. The summed E-state index contributed by atoms with van der Waals surface area (Å²) in [4.78, 5) is 12.2. The molecular weight excluding hydrogens is 238 g/mol. The van der Waals surface area contributed by atoms with Crippen LogP contribution < -0.4 is 0 Å². The Balaban J connectivity index is 2.24. The van der Waals surface area contributed by atoms with E-state index in [9.17, 15) is 4.79 Å². The van der Waals surface area contributed by atoms with E-state index in [2.05, 4.69) is 16.7 Å². The number of hydrogen-bond donors (Lipinski definition) is 0. The van der Waals surface area contributed by atoms with E-state index in [1.165, 1.54) is 16.8 Å². The third kappa shape index (κ3) is 1.61. The number of benzene rings is 1. The highest BCUT2D eigenvalue weighted by molar-refractivity contribution is 6.01. The van der Waals surface area contributed by atoms with Crippen LogP contribution in [0.3, 0.4) is 0 Å². The number of rotatable bonds is 2. The number of hydrogen-bond acceptors (Lipinski definition) is 2. The van der Waals surface area contributed by atoms with Gasteiger partial charge in [-0.2, -0.15) is 0 Å². The lowest BCUT2D eigenvalue weighted by atomic mass is 10.0. The Morgan fingerprint density at radius 1 is 1.37 bits per heavy atom. The maximum Gasteiger partial charge on any atom is 0.340 e. The second-order valence-corrected chi connectivity index (χ2v) is 4.90. The molecule has 0 saturated heterocycles. The van der Waals surface area contributed by atoms with Crippen molar-refractivity contribution in [1.29, 1.82) is 0 Å². The smallest absolute Gasteiger partial charge is 0.340 e. The molecule has 19 heavy (non-hydrogen) atoms. The summed E-state index contributed by atoms with van der Waals surface area (Å²) in [6, 6.07) is 8.27. The Morgan fingerprint density at radius 3 is 2.84 bits per heavy atom. The monoisotopic (exact) mass is 255 g/mol. The van der Waals surface area contributed by atoms with Crippen molar-refractivity contribution in [1.82, 2.24) is 4.57 Å². The van der Waals surface area contributed by atoms with Gasteiger partial charge in [0.25, 0.3) is 0 Å². The van der Waals surface area contributed by atoms with Gasteiger partial charge in [-0.25, -0.2) is 4.79 Å². The average molecular weight is 255 g/mol. The van der Waals surface area contributed by atoms with E-state index in [0.29, 0.717) is 6.61 Å². The normalized spacial score (nSPS) is 12.2. The van der Waals surface area contributed by atoms with E-state index in [1.807, 2.05) is 33.0 Å². The zero-order valence-corrected chi connectivity index (χ0v) is 11.5. The summed E-state index contributed by atoms with van der Waals surface area (Å²) in [6.45, 7) is 4.22. The van der Waals surface area contributed by atoms with Gasteiger partial charge in [0.05, 0.1) is 12.2 Å². The highest BCUT2D eigenvalue weighted by Crippen LogP contribution is 2.41. The predicted molar refractivity (Wildman–Crippen MR) is 74.3 cm³/mol. The third-order valence-corrected chi connectivity index (χ3v) is 3.93. The average Bonchev–Trinajstić information content (AvgIpc) is 2.88. The standard InChI is InChI=1S/C16H17NO2/c1-4-19-16(18)14-10(2)17(3)13-9-11-7-5-6-8-12(11)15(13)14/h5-8H,4,9H2,1-3H3. The van der Waals surface area contributed by atoms with Crippen LogP contribution in [0.15, 0.2) is 24.3 Å².